The number of aliphatic hydroxyl groups is 2. The Morgan fingerprint density at radius 1 is 1.35 bits per heavy atom. The van der Waals surface area contributed by atoms with E-state index in [1.807, 2.05) is 13.0 Å². The molecule has 0 aromatic carbocycles. The molecule has 0 saturated heterocycles. The van der Waals surface area contributed by atoms with Gasteiger partial charge in [-0.3, -0.25) is 9.59 Å². The summed E-state index contributed by atoms with van der Waals surface area (Å²) in [7, 11) is 0. The number of allylic oxidation sites excluding steroid dienone is 4. The van der Waals surface area contributed by atoms with Crippen LogP contribution in [-0.2, 0) is 9.59 Å². The number of rotatable bonds is 2. The second-order valence-electron chi connectivity index (χ2n) is 9.17. The average molecular weight is 362 g/mol. The molecule has 0 amide bonds. The molecule has 0 heterocycles. The molecule has 142 valence electrons. The molecule has 7 atom stereocenters. The van der Waals surface area contributed by atoms with E-state index in [1.54, 1.807) is 12.2 Å². The first-order chi connectivity index (χ1) is 12.2. The van der Waals surface area contributed by atoms with Crippen molar-refractivity contribution in [1.29, 1.82) is 0 Å². The number of hydrogen-bond donors (Lipinski definition) is 2. The van der Waals surface area contributed by atoms with Gasteiger partial charge >= 0.3 is 0 Å². The summed E-state index contributed by atoms with van der Waals surface area (Å²) >= 11 is 0. The average Bonchev–Trinajstić information content (AvgIpc) is 2.86. The Bertz CT molecular complexity index is 728. The van der Waals surface area contributed by atoms with Crippen molar-refractivity contribution in [2.45, 2.75) is 57.7 Å². The summed E-state index contributed by atoms with van der Waals surface area (Å²) in [5, 5.41) is 22.2. The zero-order valence-corrected chi connectivity index (χ0v) is 15.4. The van der Waals surface area contributed by atoms with E-state index in [1.165, 1.54) is 0 Å². The van der Waals surface area contributed by atoms with Gasteiger partial charge in [0.2, 0.25) is 0 Å². The van der Waals surface area contributed by atoms with Gasteiger partial charge in [0.05, 0.1) is 6.10 Å². The first-order valence-electron chi connectivity index (χ1n) is 9.61. The van der Waals surface area contributed by atoms with Gasteiger partial charge in [-0.1, -0.05) is 25.5 Å². The highest BCUT2D eigenvalue weighted by molar-refractivity contribution is 6.01. The molecule has 4 nitrogen and oxygen atoms in total. The predicted octanol–water partition coefficient (Wildman–Crippen LogP) is 2.53. The monoisotopic (exact) mass is 362 g/mol. The van der Waals surface area contributed by atoms with Gasteiger partial charge in [0.25, 0.3) is 0 Å². The van der Waals surface area contributed by atoms with E-state index in [2.05, 4.69) is 6.92 Å². The minimum absolute atomic E-state index is 0.00477. The second kappa shape index (κ2) is 5.59. The number of alkyl halides is 1. The lowest BCUT2D eigenvalue weighted by Crippen LogP contribution is -2.61. The van der Waals surface area contributed by atoms with Crippen LogP contribution in [-0.4, -0.2) is 40.2 Å². The predicted molar refractivity (Wildman–Crippen MR) is 93.9 cm³/mol. The molecule has 4 rings (SSSR count). The Morgan fingerprint density at radius 3 is 2.77 bits per heavy atom. The van der Waals surface area contributed by atoms with E-state index in [-0.39, 0.29) is 41.8 Å². The molecule has 7 unspecified atom stereocenters. The zero-order chi connectivity index (χ0) is 18.9. The SMILES string of the molecule is CC12C=CC(=O)C=C1CCC1C2C(O)CC2(C)C1CCC2(O)C(=O)CF. The normalized spacial score (nSPS) is 49.9. The van der Waals surface area contributed by atoms with E-state index >= 15 is 0 Å². The number of fused-ring (bicyclic) bond motifs is 5. The first-order valence-corrected chi connectivity index (χ1v) is 9.61. The van der Waals surface area contributed by atoms with E-state index < -0.39 is 29.6 Å². The van der Waals surface area contributed by atoms with Crippen molar-refractivity contribution in [2.24, 2.45) is 28.6 Å². The van der Waals surface area contributed by atoms with E-state index in [0.717, 1.165) is 18.4 Å². The number of carbonyl (C=O) groups is 2. The fourth-order valence-corrected chi connectivity index (χ4v) is 6.90. The molecule has 3 fully saturated rings. The summed E-state index contributed by atoms with van der Waals surface area (Å²) in [6, 6.07) is 0. The Kier molecular flexibility index (Phi) is 3.88. The zero-order valence-electron chi connectivity index (χ0n) is 15.4. The number of ketones is 2. The third kappa shape index (κ3) is 2.07. The summed E-state index contributed by atoms with van der Waals surface area (Å²) in [4.78, 5) is 24.0. The van der Waals surface area contributed by atoms with E-state index in [9.17, 15) is 24.2 Å². The van der Waals surface area contributed by atoms with Crippen LogP contribution in [0.25, 0.3) is 0 Å². The smallest absolute Gasteiger partial charge is 0.195 e. The maximum atomic E-state index is 13.1. The van der Waals surface area contributed by atoms with Crippen molar-refractivity contribution in [1.82, 2.24) is 0 Å². The van der Waals surface area contributed by atoms with Crippen molar-refractivity contribution in [3.8, 4) is 0 Å². The second-order valence-corrected chi connectivity index (χ2v) is 9.17. The number of carbonyl (C=O) groups excluding carboxylic acids is 2. The largest absolute Gasteiger partial charge is 0.393 e. The summed E-state index contributed by atoms with van der Waals surface area (Å²) in [6.07, 6.45) is 7.34. The molecule has 0 spiro atoms. The number of halogens is 1. The third-order valence-corrected chi connectivity index (χ3v) is 8.23. The van der Waals surface area contributed by atoms with Crippen LogP contribution in [0.4, 0.5) is 4.39 Å². The molecule has 4 aliphatic rings. The number of Topliss-reactive ketones (excluding diaryl/α,β-unsaturated/α-hetero) is 1. The first kappa shape index (κ1) is 18.1. The Hall–Kier alpha value is -1.33. The maximum absolute atomic E-state index is 13.1. The van der Waals surface area contributed by atoms with Crippen LogP contribution < -0.4 is 0 Å². The van der Waals surface area contributed by atoms with Crippen LogP contribution in [0.5, 0.6) is 0 Å². The van der Waals surface area contributed by atoms with Gasteiger partial charge in [0.1, 0.15) is 5.60 Å². The minimum Gasteiger partial charge on any atom is -0.393 e. The molecule has 26 heavy (non-hydrogen) atoms. The molecule has 0 radical (unpaired) electrons. The molecule has 4 aliphatic carbocycles. The van der Waals surface area contributed by atoms with Crippen molar-refractivity contribution >= 4 is 11.6 Å². The summed E-state index contributed by atoms with van der Waals surface area (Å²) < 4.78 is 13.1. The molecule has 0 bridgehead atoms. The Labute approximate surface area is 153 Å². The van der Waals surface area contributed by atoms with Crippen LogP contribution >= 0.6 is 0 Å². The molecule has 0 aromatic rings. The quantitative estimate of drug-likeness (QED) is 0.792. The van der Waals surface area contributed by atoms with Crippen LogP contribution in [0.2, 0.25) is 0 Å². The van der Waals surface area contributed by atoms with E-state index in [0.29, 0.717) is 6.42 Å². The lowest BCUT2D eigenvalue weighted by Gasteiger charge is -2.59. The van der Waals surface area contributed by atoms with Crippen LogP contribution in [0.15, 0.2) is 23.8 Å². The molecule has 0 aliphatic heterocycles. The highest BCUT2D eigenvalue weighted by Gasteiger charge is 2.68. The Balaban J connectivity index is 1.75. The van der Waals surface area contributed by atoms with Gasteiger partial charge in [-0.15, -0.1) is 0 Å². The van der Waals surface area contributed by atoms with Gasteiger partial charge in [-0.05, 0) is 56.1 Å². The van der Waals surface area contributed by atoms with Crippen molar-refractivity contribution in [3.05, 3.63) is 23.8 Å². The lowest BCUT2D eigenvalue weighted by atomic mass is 9.46. The van der Waals surface area contributed by atoms with Crippen molar-refractivity contribution in [3.63, 3.8) is 0 Å². The molecule has 5 heteroatoms. The van der Waals surface area contributed by atoms with Crippen molar-refractivity contribution < 1.29 is 24.2 Å². The third-order valence-electron chi connectivity index (χ3n) is 8.23. The standard InChI is InChI=1S/C21H27FO4/c1-19-7-5-13(23)9-12(19)3-4-14-15-6-8-21(26,17(25)11-22)20(15,2)10-16(24)18(14)19/h5,7,9,14-16,18,24,26H,3-4,6,8,10-11H2,1-2H3. The topological polar surface area (TPSA) is 74.6 Å². The molecule has 0 aromatic heterocycles. The summed E-state index contributed by atoms with van der Waals surface area (Å²) in [6.45, 7) is 2.77. The van der Waals surface area contributed by atoms with Gasteiger partial charge in [0, 0.05) is 16.7 Å². The summed E-state index contributed by atoms with van der Waals surface area (Å²) in [5.41, 5.74) is -1.79. The Morgan fingerprint density at radius 2 is 2.08 bits per heavy atom. The molecule has 2 N–H and O–H groups in total. The van der Waals surface area contributed by atoms with Crippen LogP contribution in [0.1, 0.15) is 46.0 Å². The minimum atomic E-state index is -1.69. The maximum Gasteiger partial charge on any atom is 0.195 e. The van der Waals surface area contributed by atoms with Crippen LogP contribution in [0.3, 0.4) is 0 Å². The van der Waals surface area contributed by atoms with Gasteiger partial charge < -0.3 is 10.2 Å². The molecular weight excluding hydrogens is 335 g/mol. The summed E-state index contributed by atoms with van der Waals surface area (Å²) in [5.74, 6) is -0.590. The van der Waals surface area contributed by atoms with Crippen LogP contribution in [0, 0.1) is 28.6 Å². The highest BCUT2D eigenvalue weighted by atomic mass is 19.1. The molecule has 3 saturated carbocycles. The lowest BCUT2D eigenvalue weighted by molar-refractivity contribution is -0.177. The fourth-order valence-electron chi connectivity index (χ4n) is 6.90. The van der Waals surface area contributed by atoms with E-state index in [4.69, 9.17) is 0 Å². The fraction of sp³-hybridized carbons (Fsp3) is 0.714. The van der Waals surface area contributed by atoms with Gasteiger partial charge in [-0.2, -0.15) is 0 Å². The van der Waals surface area contributed by atoms with Gasteiger partial charge in [0.15, 0.2) is 18.2 Å². The molecular formula is C21H27FO4. The van der Waals surface area contributed by atoms with Gasteiger partial charge in [-0.25, -0.2) is 4.39 Å². The highest BCUT2D eigenvalue weighted by Crippen LogP contribution is 2.67. The van der Waals surface area contributed by atoms with Crippen molar-refractivity contribution in [2.75, 3.05) is 6.67 Å². The number of aliphatic hydroxyl groups excluding tert-OH is 1. The number of hydrogen-bond acceptors (Lipinski definition) is 4.